The second-order valence-corrected chi connectivity index (χ2v) is 7.51. The highest BCUT2D eigenvalue weighted by atomic mass is 35.5. The molecule has 0 aliphatic carbocycles. The van der Waals surface area contributed by atoms with E-state index in [1.807, 2.05) is 6.92 Å². The molecule has 7 heteroatoms. The van der Waals surface area contributed by atoms with E-state index in [0.717, 1.165) is 12.8 Å². The molecule has 1 saturated heterocycles. The lowest BCUT2D eigenvalue weighted by Gasteiger charge is -2.18. The third kappa shape index (κ3) is 3.69. The summed E-state index contributed by atoms with van der Waals surface area (Å²) in [4.78, 5) is 0.138. The predicted octanol–water partition coefficient (Wildman–Crippen LogP) is 2.32. The zero-order valence-corrected chi connectivity index (χ0v) is 13.8. The Labute approximate surface area is 130 Å². The average Bonchev–Trinajstić information content (AvgIpc) is 2.88. The van der Waals surface area contributed by atoms with Gasteiger partial charge in [-0.25, -0.2) is 13.1 Å². The number of halogens is 1. The maximum Gasteiger partial charge on any atom is 0.240 e. The van der Waals surface area contributed by atoms with Crippen LogP contribution < -0.4 is 10.5 Å². The highest BCUT2D eigenvalue weighted by molar-refractivity contribution is 7.89. The van der Waals surface area contributed by atoms with Gasteiger partial charge in [-0.15, -0.1) is 0 Å². The Hall–Kier alpha value is -0.820. The summed E-state index contributed by atoms with van der Waals surface area (Å²) < 4.78 is 33.1. The maximum absolute atomic E-state index is 12.4. The van der Waals surface area contributed by atoms with E-state index in [0.29, 0.717) is 29.4 Å². The average molecular weight is 333 g/mol. The molecular formula is C14H21ClN2O3S. The van der Waals surface area contributed by atoms with Crippen molar-refractivity contribution in [3.05, 3.63) is 22.7 Å². The van der Waals surface area contributed by atoms with Crippen molar-refractivity contribution in [1.29, 1.82) is 0 Å². The normalized spacial score (nSPS) is 22.6. The van der Waals surface area contributed by atoms with Crippen LogP contribution in [0.15, 0.2) is 17.0 Å². The van der Waals surface area contributed by atoms with E-state index in [-0.39, 0.29) is 16.9 Å². The van der Waals surface area contributed by atoms with Crippen molar-refractivity contribution >= 4 is 27.3 Å². The van der Waals surface area contributed by atoms with Gasteiger partial charge >= 0.3 is 0 Å². The number of sulfonamides is 1. The number of rotatable bonds is 5. The number of hydrogen-bond donors (Lipinski definition) is 2. The minimum absolute atomic E-state index is 0.123. The second kappa shape index (κ2) is 6.52. The van der Waals surface area contributed by atoms with Crippen LogP contribution in [-0.4, -0.2) is 27.7 Å². The summed E-state index contributed by atoms with van der Waals surface area (Å²) >= 11 is 5.91. The Kier molecular flexibility index (Phi) is 5.14. The maximum atomic E-state index is 12.4. The highest BCUT2D eigenvalue weighted by Gasteiger charge is 2.28. The minimum atomic E-state index is -3.63. The fourth-order valence-electron chi connectivity index (χ4n) is 2.63. The van der Waals surface area contributed by atoms with E-state index in [1.54, 1.807) is 13.0 Å². The lowest BCUT2D eigenvalue weighted by molar-refractivity contribution is 0.0884. The summed E-state index contributed by atoms with van der Waals surface area (Å²) in [5.74, 6) is 0.210. The van der Waals surface area contributed by atoms with Crippen LogP contribution >= 0.6 is 11.6 Å². The van der Waals surface area contributed by atoms with Crippen molar-refractivity contribution in [3.8, 4) is 0 Å². The summed E-state index contributed by atoms with van der Waals surface area (Å²) in [6.07, 6.45) is 1.88. The van der Waals surface area contributed by atoms with E-state index in [9.17, 15) is 8.42 Å². The fraction of sp³-hybridized carbons (Fsp3) is 0.571. The van der Waals surface area contributed by atoms with Gasteiger partial charge in [0.1, 0.15) is 0 Å². The fourth-order valence-corrected chi connectivity index (χ4v) is 4.31. The van der Waals surface area contributed by atoms with Gasteiger partial charge in [-0.05, 0) is 37.5 Å². The third-order valence-electron chi connectivity index (χ3n) is 3.94. The van der Waals surface area contributed by atoms with Gasteiger partial charge < -0.3 is 10.5 Å². The molecule has 0 aromatic heterocycles. The Morgan fingerprint density at radius 3 is 2.86 bits per heavy atom. The van der Waals surface area contributed by atoms with E-state index in [4.69, 9.17) is 22.1 Å². The number of benzene rings is 1. The van der Waals surface area contributed by atoms with Crippen LogP contribution in [0.2, 0.25) is 5.02 Å². The van der Waals surface area contributed by atoms with Crippen molar-refractivity contribution in [2.24, 2.45) is 5.92 Å². The summed E-state index contributed by atoms with van der Waals surface area (Å²) in [7, 11) is -3.63. The topological polar surface area (TPSA) is 81.4 Å². The van der Waals surface area contributed by atoms with Gasteiger partial charge in [0.15, 0.2) is 0 Å². The molecule has 1 fully saturated rings. The molecule has 1 aliphatic rings. The number of anilines is 1. The van der Waals surface area contributed by atoms with Crippen molar-refractivity contribution in [2.45, 2.75) is 37.7 Å². The summed E-state index contributed by atoms with van der Waals surface area (Å²) in [6, 6.07) is 2.98. The Balaban J connectivity index is 2.16. The molecule has 118 valence electrons. The Bertz CT molecular complexity index is 619. The molecule has 2 rings (SSSR count). The van der Waals surface area contributed by atoms with Crippen LogP contribution in [0.25, 0.3) is 0 Å². The largest absolute Gasteiger partial charge is 0.398 e. The molecule has 1 aromatic rings. The molecule has 5 nitrogen and oxygen atoms in total. The first kappa shape index (κ1) is 16.5. The van der Waals surface area contributed by atoms with Crippen LogP contribution in [0.4, 0.5) is 5.69 Å². The molecule has 2 atom stereocenters. The van der Waals surface area contributed by atoms with Crippen molar-refractivity contribution in [3.63, 3.8) is 0 Å². The number of nitrogens with two attached hydrogens (primary N) is 1. The quantitative estimate of drug-likeness (QED) is 0.811. The number of hydrogen-bond acceptors (Lipinski definition) is 4. The van der Waals surface area contributed by atoms with Gasteiger partial charge in [-0.3, -0.25) is 0 Å². The molecule has 1 aliphatic heterocycles. The van der Waals surface area contributed by atoms with E-state index in [2.05, 4.69) is 4.72 Å². The van der Waals surface area contributed by atoms with Crippen LogP contribution in [0.5, 0.6) is 0 Å². The highest BCUT2D eigenvalue weighted by Crippen LogP contribution is 2.27. The first-order valence-electron chi connectivity index (χ1n) is 7.02. The van der Waals surface area contributed by atoms with E-state index >= 15 is 0 Å². The standard InChI is InChI=1S/C14H21ClN2O3S/c1-3-13-10(4-5-20-13)8-17-21(18,19)14-7-11(15)6-12(16)9(14)2/h6-7,10,13,17H,3-5,8,16H2,1-2H3. The SMILES string of the molecule is CCC1OCCC1CNS(=O)(=O)c1cc(Cl)cc(N)c1C. The molecule has 0 amide bonds. The number of nitrogen functional groups attached to an aromatic ring is 1. The van der Waals surface area contributed by atoms with Gasteiger partial charge in [-0.2, -0.15) is 0 Å². The smallest absolute Gasteiger partial charge is 0.240 e. The minimum Gasteiger partial charge on any atom is -0.398 e. The lowest BCUT2D eigenvalue weighted by Crippen LogP contribution is -2.33. The molecule has 0 saturated carbocycles. The number of ether oxygens (including phenoxy) is 1. The summed E-state index contributed by atoms with van der Waals surface area (Å²) in [5.41, 5.74) is 6.67. The van der Waals surface area contributed by atoms with Crippen LogP contribution in [0, 0.1) is 12.8 Å². The third-order valence-corrected chi connectivity index (χ3v) is 5.71. The molecule has 0 spiro atoms. The zero-order valence-electron chi connectivity index (χ0n) is 12.2. The first-order valence-corrected chi connectivity index (χ1v) is 8.88. The van der Waals surface area contributed by atoms with Crippen molar-refractivity contribution < 1.29 is 13.2 Å². The number of nitrogens with one attached hydrogen (secondary N) is 1. The van der Waals surface area contributed by atoms with Gasteiger partial charge in [-0.1, -0.05) is 18.5 Å². The monoisotopic (exact) mass is 332 g/mol. The van der Waals surface area contributed by atoms with Crippen LogP contribution in [0.3, 0.4) is 0 Å². The molecule has 21 heavy (non-hydrogen) atoms. The van der Waals surface area contributed by atoms with Gasteiger partial charge in [0.25, 0.3) is 0 Å². The molecular weight excluding hydrogens is 312 g/mol. The van der Waals surface area contributed by atoms with Gasteiger partial charge in [0, 0.05) is 29.8 Å². The predicted molar refractivity (Wildman–Crippen MR) is 83.9 cm³/mol. The van der Waals surface area contributed by atoms with E-state index in [1.165, 1.54) is 6.07 Å². The lowest BCUT2D eigenvalue weighted by atomic mass is 10.0. The van der Waals surface area contributed by atoms with E-state index < -0.39 is 10.0 Å². The summed E-state index contributed by atoms with van der Waals surface area (Å²) in [6.45, 7) is 4.77. The zero-order chi connectivity index (χ0) is 15.6. The molecule has 3 N–H and O–H groups in total. The second-order valence-electron chi connectivity index (χ2n) is 5.34. The van der Waals surface area contributed by atoms with Gasteiger partial charge in [0.2, 0.25) is 10.0 Å². The van der Waals surface area contributed by atoms with Crippen LogP contribution in [0.1, 0.15) is 25.3 Å². The molecule has 1 aromatic carbocycles. The van der Waals surface area contributed by atoms with Crippen LogP contribution in [-0.2, 0) is 14.8 Å². The molecule has 2 unspecified atom stereocenters. The summed E-state index contributed by atoms with van der Waals surface area (Å²) in [5, 5.41) is 0.314. The van der Waals surface area contributed by atoms with Crippen molar-refractivity contribution in [2.75, 3.05) is 18.9 Å². The van der Waals surface area contributed by atoms with Crippen molar-refractivity contribution in [1.82, 2.24) is 4.72 Å². The Morgan fingerprint density at radius 2 is 2.19 bits per heavy atom. The first-order chi connectivity index (χ1) is 9.85. The molecule has 0 bridgehead atoms. The molecule has 1 heterocycles. The Morgan fingerprint density at radius 1 is 1.48 bits per heavy atom. The molecule has 0 radical (unpaired) electrons. The van der Waals surface area contributed by atoms with Gasteiger partial charge in [0.05, 0.1) is 11.0 Å².